The van der Waals surface area contributed by atoms with Gasteiger partial charge in [0.05, 0.1) is 6.54 Å². The summed E-state index contributed by atoms with van der Waals surface area (Å²) in [6.07, 6.45) is 0. The zero-order chi connectivity index (χ0) is 14.5. The molecule has 0 aromatic carbocycles. The number of carbonyl (C=O) groups is 1. The zero-order valence-corrected chi connectivity index (χ0v) is 11.8. The Balaban J connectivity index is 2.27. The number of sulfonamides is 1. The van der Waals surface area contributed by atoms with Crippen molar-refractivity contribution >= 4 is 15.9 Å². The Morgan fingerprint density at radius 3 is 2.58 bits per heavy atom. The van der Waals surface area contributed by atoms with Gasteiger partial charge in [0, 0.05) is 19.0 Å². The summed E-state index contributed by atoms with van der Waals surface area (Å²) in [5, 5.41) is 10.4. The summed E-state index contributed by atoms with van der Waals surface area (Å²) in [6, 6.07) is 2.85. The van der Waals surface area contributed by atoms with Crippen LogP contribution in [0.25, 0.3) is 0 Å². The molecule has 0 aliphatic heterocycles. The van der Waals surface area contributed by atoms with Crippen molar-refractivity contribution in [3.63, 3.8) is 0 Å². The van der Waals surface area contributed by atoms with Crippen LogP contribution in [-0.4, -0.2) is 27.4 Å². The molecule has 0 bridgehead atoms. The first-order chi connectivity index (χ1) is 8.80. The Morgan fingerprint density at radius 1 is 1.37 bits per heavy atom. The SMILES string of the molecule is CC(C)C(=O)NCCNCc1ccc(S(N)(=O)=O)o1. The van der Waals surface area contributed by atoms with Crippen molar-refractivity contribution in [1.29, 1.82) is 0 Å². The van der Waals surface area contributed by atoms with E-state index in [1.165, 1.54) is 6.07 Å². The third-order valence-electron chi connectivity index (χ3n) is 2.34. The van der Waals surface area contributed by atoms with E-state index in [4.69, 9.17) is 9.56 Å². The third-order valence-corrected chi connectivity index (χ3v) is 3.12. The highest BCUT2D eigenvalue weighted by molar-refractivity contribution is 7.89. The minimum absolute atomic E-state index is 0.00342. The van der Waals surface area contributed by atoms with E-state index in [2.05, 4.69) is 10.6 Å². The molecule has 19 heavy (non-hydrogen) atoms. The number of nitrogens with one attached hydrogen (secondary N) is 2. The summed E-state index contributed by atoms with van der Waals surface area (Å²) in [4.78, 5) is 11.3. The molecule has 1 heterocycles. The van der Waals surface area contributed by atoms with Crippen molar-refractivity contribution in [2.24, 2.45) is 11.1 Å². The molecule has 0 fully saturated rings. The fourth-order valence-corrected chi connectivity index (χ4v) is 1.78. The van der Waals surface area contributed by atoms with E-state index in [0.29, 0.717) is 25.4 Å². The first-order valence-electron chi connectivity index (χ1n) is 5.90. The predicted molar refractivity (Wildman–Crippen MR) is 69.6 cm³/mol. The summed E-state index contributed by atoms with van der Waals surface area (Å²) < 4.78 is 27.0. The van der Waals surface area contributed by atoms with Gasteiger partial charge in [-0.2, -0.15) is 0 Å². The highest BCUT2D eigenvalue weighted by Crippen LogP contribution is 2.11. The van der Waals surface area contributed by atoms with Gasteiger partial charge in [-0.1, -0.05) is 13.8 Å². The van der Waals surface area contributed by atoms with E-state index in [1.807, 2.05) is 13.8 Å². The average molecular weight is 289 g/mol. The maximum Gasteiger partial charge on any atom is 0.271 e. The van der Waals surface area contributed by atoms with Crippen LogP contribution in [0.3, 0.4) is 0 Å². The van der Waals surface area contributed by atoms with Crippen molar-refractivity contribution in [2.45, 2.75) is 25.5 Å². The maximum absolute atomic E-state index is 11.3. The number of primary sulfonamides is 1. The summed E-state index contributed by atoms with van der Waals surface area (Å²) in [6.45, 7) is 5.07. The minimum atomic E-state index is -3.79. The van der Waals surface area contributed by atoms with Gasteiger partial charge in [0.15, 0.2) is 0 Å². The molecule has 108 valence electrons. The van der Waals surface area contributed by atoms with Gasteiger partial charge in [-0.05, 0) is 12.1 Å². The molecule has 8 heteroatoms. The molecule has 0 spiro atoms. The zero-order valence-electron chi connectivity index (χ0n) is 11.0. The molecular formula is C11H19N3O4S. The Labute approximate surface area is 112 Å². The van der Waals surface area contributed by atoms with Gasteiger partial charge >= 0.3 is 0 Å². The quantitative estimate of drug-likeness (QED) is 0.601. The lowest BCUT2D eigenvalue weighted by atomic mass is 10.2. The second kappa shape index (κ2) is 6.69. The van der Waals surface area contributed by atoms with Crippen LogP contribution in [0.15, 0.2) is 21.6 Å². The largest absolute Gasteiger partial charge is 0.447 e. The topological polar surface area (TPSA) is 114 Å². The fraction of sp³-hybridized carbons (Fsp3) is 0.545. The lowest BCUT2D eigenvalue weighted by Crippen LogP contribution is -2.34. The number of carbonyl (C=O) groups excluding carboxylic acids is 1. The number of rotatable bonds is 7. The van der Waals surface area contributed by atoms with Crippen LogP contribution in [0, 0.1) is 5.92 Å². The van der Waals surface area contributed by atoms with Crippen molar-refractivity contribution < 1.29 is 17.6 Å². The van der Waals surface area contributed by atoms with E-state index >= 15 is 0 Å². The summed E-state index contributed by atoms with van der Waals surface area (Å²) >= 11 is 0. The van der Waals surface area contributed by atoms with Crippen molar-refractivity contribution in [2.75, 3.05) is 13.1 Å². The second-order valence-corrected chi connectivity index (χ2v) is 5.88. The Kier molecular flexibility index (Phi) is 5.52. The second-order valence-electron chi connectivity index (χ2n) is 4.39. The third kappa shape index (κ3) is 5.41. The molecule has 1 aromatic rings. The van der Waals surface area contributed by atoms with Gasteiger partial charge in [0.1, 0.15) is 5.76 Å². The number of furan rings is 1. The van der Waals surface area contributed by atoms with Crippen molar-refractivity contribution in [1.82, 2.24) is 10.6 Å². The molecule has 0 unspecified atom stereocenters. The first kappa shape index (κ1) is 15.7. The number of hydrogen-bond donors (Lipinski definition) is 3. The average Bonchev–Trinajstić information content (AvgIpc) is 2.76. The van der Waals surface area contributed by atoms with Crippen molar-refractivity contribution in [3.8, 4) is 0 Å². The standard InChI is InChI=1S/C11H19N3O4S/c1-8(2)11(15)14-6-5-13-7-9-3-4-10(18-9)19(12,16)17/h3-4,8,13H,5-7H2,1-2H3,(H,14,15)(H2,12,16,17). The van der Waals surface area contributed by atoms with Gasteiger partial charge in [-0.25, -0.2) is 13.6 Å². The molecular weight excluding hydrogens is 270 g/mol. The monoisotopic (exact) mass is 289 g/mol. The molecule has 0 radical (unpaired) electrons. The van der Waals surface area contributed by atoms with Crippen molar-refractivity contribution in [3.05, 3.63) is 17.9 Å². The summed E-state index contributed by atoms with van der Waals surface area (Å²) in [7, 11) is -3.79. The highest BCUT2D eigenvalue weighted by atomic mass is 32.2. The number of hydrogen-bond acceptors (Lipinski definition) is 5. The maximum atomic E-state index is 11.3. The number of amides is 1. The Hall–Kier alpha value is -1.38. The molecule has 0 aliphatic carbocycles. The van der Waals surface area contributed by atoms with Gasteiger partial charge < -0.3 is 15.1 Å². The molecule has 1 rings (SSSR count). The molecule has 7 nitrogen and oxygen atoms in total. The van der Waals surface area contributed by atoms with E-state index in [0.717, 1.165) is 0 Å². The number of nitrogens with two attached hydrogens (primary N) is 1. The molecule has 1 amide bonds. The first-order valence-corrected chi connectivity index (χ1v) is 7.45. The van der Waals surface area contributed by atoms with Crippen LogP contribution in [0.1, 0.15) is 19.6 Å². The molecule has 0 saturated carbocycles. The van der Waals surface area contributed by atoms with Crippen LogP contribution in [-0.2, 0) is 21.4 Å². The van der Waals surface area contributed by atoms with E-state index in [-0.39, 0.29) is 16.9 Å². The highest BCUT2D eigenvalue weighted by Gasteiger charge is 2.12. The van der Waals surface area contributed by atoms with Gasteiger partial charge in [-0.3, -0.25) is 4.79 Å². The Bertz CT molecular complexity index is 522. The van der Waals surface area contributed by atoms with E-state index in [9.17, 15) is 13.2 Å². The van der Waals surface area contributed by atoms with Gasteiger partial charge in [-0.15, -0.1) is 0 Å². The lowest BCUT2D eigenvalue weighted by Gasteiger charge is -2.07. The predicted octanol–water partition coefficient (Wildman–Crippen LogP) is -0.211. The van der Waals surface area contributed by atoms with E-state index in [1.54, 1.807) is 6.07 Å². The van der Waals surface area contributed by atoms with Crippen LogP contribution in [0.5, 0.6) is 0 Å². The summed E-state index contributed by atoms with van der Waals surface area (Å²) in [5.74, 6) is 0.429. The normalized spacial score (nSPS) is 11.8. The van der Waals surface area contributed by atoms with Crippen LogP contribution < -0.4 is 15.8 Å². The van der Waals surface area contributed by atoms with Crippen LogP contribution in [0.2, 0.25) is 0 Å². The van der Waals surface area contributed by atoms with E-state index < -0.39 is 10.0 Å². The van der Waals surface area contributed by atoms with Gasteiger partial charge in [0.25, 0.3) is 10.0 Å². The lowest BCUT2D eigenvalue weighted by molar-refractivity contribution is -0.123. The molecule has 1 aromatic heterocycles. The molecule has 4 N–H and O–H groups in total. The van der Waals surface area contributed by atoms with Gasteiger partial charge in [0.2, 0.25) is 11.0 Å². The van der Waals surface area contributed by atoms with Crippen LogP contribution in [0.4, 0.5) is 0 Å². The fourth-order valence-electron chi connectivity index (χ4n) is 1.30. The Morgan fingerprint density at radius 2 is 2.05 bits per heavy atom. The summed E-state index contributed by atoms with van der Waals surface area (Å²) in [5.41, 5.74) is 0. The molecule has 0 atom stereocenters. The molecule has 0 aliphatic rings. The minimum Gasteiger partial charge on any atom is -0.447 e. The van der Waals surface area contributed by atoms with Crippen LogP contribution >= 0.6 is 0 Å². The molecule has 0 saturated heterocycles. The smallest absolute Gasteiger partial charge is 0.271 e.